The van der Waals surface area contributed by atoms with Gasteiger partial charge in [-0.15, -0.1) is 0 Å². The minimum Gasteiger partial charge on any atom is -0.465 e. The lowest BCUT2D eigenvalue weighted by molar-refractivity contribution is -0.144. The number of hydrogen-bond donors (Lipinski definition) is 0. The van der Waals surface area contributed by atoms with Crippen molar-refractivity contribution in [2.24, 2.45) is 5.92 Å². The molecule has 0 radical (unpaired) electrons. The lowest BCUT2D eigenvalue weighted by Gasteiger charge is -2.14. The van der Waals surface area contributed by atoms with Gasteiger partial charge in [0.15, 0.2) is 0 Å². The Kier molecular flexibility index (Phi) is 7.26. The number of carbonyl (C=O) groups is 1. The van der Waals surface area contributed by atoms with Crippen molar-refractivity contribution < 1.29 is 9.53 Å². The number of hydrogen-bond acceptors (Lipinski definition) is 3. The summed E-state index contributed by atoms with van der Waals surface area (Å²) in [6.45, 7) is 6.74. The molecule has 1 atom stereocenters. The minimum absolute atomic E-state index is 0.161. The monoisotopic (exact) mass is 353 g/mol. The second kappa shape index (κ2) is 9.42. The van der Waals surface area contributed by atoms with Gasteiger partial charge >= 0.3 is 5.97 Å². The lowest BCUT2D eigenvalue weighted by Crippen LogP contribution is -2.15. The topological polar surface area (TPSA) is 29.5 Å². The van der Waals surface area contributed by atoms with Gasteiger partial charge in [-0.1, -0.05) is 50.2 Å². The molecule has 140 valence electrons. The predicted molar refractivity (Wildman–Crippen MR) is 109 cm³/mol. The summed E-state index contributed by atoms with van der Waals surface area (Å²) in [6, 6.07) is 16.7. The molecular formula is C23H31NO2. The second-order valence-electron chi connectivity index (χ2n) is 7.54. The molecule has 1 unspecified atom stereocenters. The van der Waals surface area contributed by atoms with E-state index in [1.807, 2.05) is 33.2 Å². The molecule has 0 N–H and O–H groups in total. The van der Waals surface area contributed by atoms with Gasteiger partial charge in [0, 0.05) is 26.2 Å². The summed E-state index contributed by atoms with van der Waals surface area (Å²) in [4.78, 5) is 14.4. The zero-order chi connectivity index (χ0) is 19.1. The summed E-state index contributed by atoms with van der Waals surface area (Å²) < 4.78 is 5.49. The third-order valence-electron chi connectivity index (χ3n) is 4.57. The molecule has 3 nitrogen and oxygen atoms in total. The number of nitrogens with zero attached hydrogens (tertiary/aromatic N) is 1. The van der Waals surface area contributed by atoms with Crippen molar-refractivity contribution in [3.63, 3.8) is 0 Å². The van der Waals surface area contributed by atoms with E-state index in [1.165, 1.54) is 16.8 Å². The van der Waals surface area contributed by atoms with Gasteiger partial charge in [-0.3, -0.25) is 4.79 Å². The number of esters is 1. The summed E-state index contributed by atoms with van der Waals surface area (Å²) >= 11 is 0. The first-order chi connectivity index (χ1) is 12.4. The molecule has 0 aromatic heterocycles. The normalized spacial score (nSPS) is 12.1. The highest BCUT2D eigenvalue weighted by molar-refractivity contribution is 5.77. The lowest BCUT2D eigenvalue weighted by atomic mass is 9.97. The molecule has 0 saturated carbocycles. The van der Waals surface area contributed by atoms with Crippen molar-refractivity contribution in [3.05, 3.63) is 65.2 Å². The highest BCUT2D eigenvalue weighted by Crippen LogP contribution is 2.19. The van der Waals surface area contributed by atoms with Crippen LogP contribution in [0.1, 0.15) is 43.4 Å². The number of benzene rings is 2. The van der Waals surface area contributed by atoms with Crippen molar-refractivity contribution in [2.75, 3.05) is 25.6 Å². The van der Waals surface area contributed by atoms with Crippen molar-refractivity contribution in [2.45, 2.75) is 39.5 Å². The van der Waals surface area contributed by atoms with Crippen LogP contribution in [0.25, 0.3) is 0 Å². The minimum atomic E-state index is -0.237. The van der Waals surface area contributed by atoms with E-state index in [-0.39, 0.29) is 11.9 Å². The largest absolute Gasteiger partial charge is 0.465 e. The molecule has 0 aliphatic heterocycles. The van der Waals surface area contributed by atoms with E-state index in [0.717, 1.165) is 18.4 Å². The third-order valence-corrected chi connectivity index (χ3v) is 4.57. The molecule has 2 rings (SSSR count). The SMILES string of the molecule is CC(C)Cc1ccc(C(C)C(=O)OCCc2ccc(N(C)C)cc2)cc1. The Morgan fingerprint density at radius 3 is 2.04 bits per heavy atom. The average Bonchev–Trinajstić information content (AvgIpc) is 2.61. The van der Waals surface area contributed by atoms with Gasteiger partial charge in [0.25, 0.3) is 0 Å². The Labute approximate surface area is 158 Å². The smallest absolute Gasteiger partial charge is 0.313 e. The first-order valence-corrected chi connectivity index (χ1v) is 9.38. The van der Waals surface area contributed by atoms with Crippen LogP contribution in [0.5, 0.6) is 0 Å². The summed E-state index contributed by atoms with van der Waals surface area (Å²) in [5.41, 5.74) is 4.66. The van der Waals surface area contributed by atoms with E-state index < -0.39 is 0 Å². The molecule has 0 spiro atoms. The van der Waals surface area contributed by atoms with Crippen LogP contribution in [0.2, 0.25) is 0 Å². The van der Waals surface area contributed by atoms with Gasteiger partial charge in [-0.2, -0.15) is 0 Å². The van der Waals surface area contributed by atoms with Crippen LogP contribution >= 0.6 is 0 Å². The van der Waals surface area contributed by atoms with Crippen LogP contribution < -0.4 is 4.90 Å². The maximum atomic E-state index is 12.3. The standard InChI is InChI=1S/C23H31NO2/c1-17(2)16-20-6-10-21(11-7-20)18(3)23(25)26-15-14-19-8-12-22(13-9-19)24(4)5/h6-13,17-18H,14-16H2,1-5H3. The molecule has 3 heteroatoms. The highest BCUT2D eigenvalue weighted by Gasteiger charge is 2.16. The molecule has 0 amide bonds. The Bertz CT molecular complexity index is 687. The third kappa shape index (κ3) is 5.91. The van der Waals surface area contributed by atoms with Crippen molar-refractivity contribution >= 4 is 11.7 Å². The van der Waals surface area contributed by atoms with Crippen molar-refractivity contribution in [3.8, 4) is 0 Å². The Balaban J connectivity index is 1.83. The number of rotatable bonds is 8. The molecule has 0 bridgehead atoms. The molecule has 0 saturated heterocycles. The van der Waals surface area contributed by atoms with Gasteiger partial charge in [0.1, 0.15) is 0 Å². The molecule has 2 aromatic carbocycles. The Hall–Kier alpha value is -2.29. The molecule has 0 aliphatic rings. The zero-order valence-corrected chi connectivity index (χ0v) is 16.7. The van der Waals surface area contributed by atoms with Gasteiger partial charge < -0.3 is 9.64 Å². The molecular weight excluding hydrogens is 322 g/mol. The fourth-order valence-corrected chi connectivity index (χ4v) is 2.91. The molecule has 2 aromatic rings. The maximum Gasteiger partial charge on any atom is 0.313 e. The number of anilines is 1. The highest BCUT2D eigenvalue weighted by atomic mass is 16.5. The summed E-state index contributed by atoms with van der Waals surface area (Å²) in [7, 11) is 4.04. The van der Waals surface area contributed by atoms with E-state index in [4.69, 9.17) is 4.74 Å². The first kappa shape index (κ1) is 20.0. The predicted octanol–water partition coefficient (Wildman–Crippen LogP) is 4.84. The van der Waals surface area contributed by atoms with Crippen LogP contribution in [0.4, 0.5) is 5.69 Å². The van der Waals surface area contributed by atoms with Crippen LogP contribution in [-0.2, 0) is 22.4 Å². The van der Waals surface area contributed by atoms with E-state index in [2.05, 4.69) is 55.1 Å². The second-order valence-corrected chi connectivity index (χ2v) is 7.54. The Morgan fingerprint density at radius 1 is 0.923 bits per heavy atom. The van der Waals surface area contributed by atoms with Crippen LogP contribution in [0.3, 0.4) is 0 Å². The average molecular weight is 354 g/mol. The van der Waals surface area contributed by atoms with Crippen LogP contribution in [0, 0.1) is 5.92 Å². The summed E-state index contributed by atoms with van der Waals surface area (Å²) in [5.74, 6) is 0.237. The quantitative estimate of drug-likeness (QED) is 0.636. The Morgan fingerprint density at radius 2 is 1.50 bits per heavy atom. The van der Waals surface area contributed by atoms with Gasteiger partial charge in [-0.25, -0.2) is 0 Å². The van der Waals surface area contributed by atoms with Crippen LogP contribution in [-0.4, -0.2) is 26.7 Å². The van der Waals surface area contributed by atoms with E-state index in [1.54, 1.807) is 0 Å². The van der Waals surface area contributed by atoms with Gasteiger partial charge in [0.2, 0.25) is 0 Å². The first-order valence-electron chi connectivity index (χ1n) is 9.38. The van der Waals surface area contributed by atoms with E-state index in [9.17, 15) is 4.79 Å². The van der Waals surface area contributed by atoms with Gasteiger partial charge in [-0.05, 0) is 48.1 Å². The molecule has 0 heterocycles. The van der Waals surface area contributed by atoms with Gasteiger partial charge in [0.05, 0.1) is 12.5 Å². The zero-order valence-electron chi connectivity index (χ0n) is 16.7. The molecule has 0 aliphatic carbocycles. The number of carbonyl (C=O) groups excluding carboxylic acids is 1. The fraction of sp³-hybridized carbons (Fsp3) is 0.435. The molecule has 0 fully saturated rings. The molecule has 26 heavy (non-hydrogen) atoms. The summed E-state index contributed by atoms with van der Waals surface area (Å²) in [6.07, 6.45) is 1.80. The summed E-state index contributed by atoms with van der Waals surface area (Å²) in [5, 5.41) is 0. The fourth-order valence-electron chi connectivity index (χ4n) is 2.91. The van der Waals surface area contributed by atoms with Crippen LogP contribution in [0.15, 0.2) is 48.5 Å². The van der Waals surface area contributed by atoms with Crippen molar-refractivity contribution in [1.29, 1.82) is 0 Å². The van der Waals surface area contributed by atoms with E-state index >= 15 is 0 Å². The maximum absolute atomic E-state index is 12.3. The number of ether oxygens (including phenoxy) is 1. The van der Waals surface area contributed by atoms with E-state index in [0.29, 0.717) is 12.5 Å². The van der Waals surface area contributed by atoms with Crippen molar-refractivity contribution in [1.82, 2.24) is 0 Å².